The molecular formula is C17H27NO2. The summed E-state index contributed by atoms with van der Waals surface area (Å²) in [5.41, 5.74) is 5.90. The molecule has 1 aromatic rings. The van der Waals surface area contributed by atoms with Crippen LogP contribution in [0.1, 0.15) is 39.5 Å². The number of para-hydroxylation sites is 2. The Kier molecular flexibility index (Phi) is 5.72. The molecule has 1 aliphatic rings. The van der Waals surface area contributed by atoms with Crippen LogP contribution in [0.15, 0.2) is 24.3 Å². The third kappa shape index (κ3) is 3.89. The van der Waals surface area contributed by atoms with Gasteiger partial charge in [-0.25, -0.2) is 0 Å². The lowest BCUT2D eigenvalue weighted by atomic mass is 9.80. The Morgan fingerprint density at radius 3 is 2.65 bits per heavy atom. The molecule has 1 fully saturated rings. The summed E-state index contributed by atoms with van der Waals surface area (Å²) in [5, 5.41) is 0. The second kappa shape index (κ2) is 7.53. The Balaban J connectivity index is 2.07. The first-order valence-electron chi connectivity index (χ1n) is 7.83. The van der Waals surface area contributed by atoms with Crippen molar-refractivity contribution < 1.29 is 9.47 Å². The number of rotatable bonds is 6. The van der Waals surface area contributed by atoms with Crippen molar-refractivity contribution in [3.8, 4) is 11.5 Å². The molecule has 0 amide bonds. The van der Waals surface area contributed by atoms with E-state index in [1.807, 2.05) is 24.3 Å². The van der Waals surface area contributed by atoms with Gasteiger partial charge in [-0.2, -0.15) is 0 Å². The smallest absolute Gasteiger partial charge is 0.161 e. The van der Waals surface area contributed by atoms with Gasteiger partial charge in [0.2, 0.25) is 0 Å². The summed E-state index contributed by atoms with van der Waals surface area (Å²) in [5.74, 6) is 2.89. The standard InChI is InChI=1S/C17H27NO2/c1-3-10-19-15-6-4-5-7-16(15)20-17-11-13(2)8-9-14(17)12-18/h4-7,13-14,17H,3,8-12,18H2,1-2H3. The molecule has 0 spiro atoms. The molecule has 0 heterocycles. The maximum atomic E-state index is 6.25. The topological polar surface area (TPSA) is 44.5 Å². The van der Waals surface area contributed by atoms with E-state index >= 15 is 0 Å². The highest BCUT2D eigenvalue weighted by Gasteiger charge is 2.29. The Hall–Kier alpha value is -1.22. The molecule has 3 nitrogen and oxygen atoms in total. The van der Waals surface area contributed by atoms with Gasteiger partial charge in [0.1, 0.15) is 6.10 Å². The third-order valence-electron chi connectivity index (χ3n) is 4.08. The van der Waals surface area contributed by atoms with Crippen LogP contribution in [0.5, 0.6) is 11.5 Å². The van der Waals surface area contributed by atoms with Gasteiger partial charge in [0.25, 0.3) is 0 Å². The van der Waals surface area contributed by atoms with E-state index in [1.54, 1.807) is 0 Å². The lowest BCUT2D eigenvalue weighted by molar-refractivity contribution is 0.0708. The average molecular weight is 277 g/mol. The van der Waals surface area contributed by atoms with Crippen molar-refractivity contribution in [3.05, 3.63) is 24.3 Å². The van der Waals surface area contributed by atoms with E-state index in [-0.39, 0.29) is 6.10 Å². The van der Waals surface area contributed by atoms with Crippen molar-refractivity contribution in [1.82, 2.24) is 0 Å². The first-order valence-corrected chi connectivity index (χ1v) is 7.83. The fourth-order valence-corrected chi connectivity index (χ4v) is 2.85. The zero-order chi connectivity index (χ0) is 14.4. The highest BCUT2D eigenvalue weighted by molar-refractivity contribution is 5.39. The van der Waals surface area contributed by atoms with Gasteiger partial charge in [0.05, 0.1) is 6.61 Å². The Morgan fingerprint density at radius 2 is 1.95 bits per heavy atom. The summed E-state index contributed by atoms with van der Waals surface area (Å²) in [7, 11) is 0. The summed E-state index contributed by atoms with van der Waals surface area (Å²) >= 11 is 0. The monoisotopic (exact) mass is 277 g/mol. The van der Waals surface area contributed by atoms with Gasteiger partial charge in [-0.05, 0) is 43.9 Å². The molecule has 0 saturated heterocycles. The normalized spacial score (nSPS) is 26.2. The molecule has 2 N–H and O–H groups in total. The van der Waals surface area contributed by atoms with Crippen LogP contribution in [0.2, 0.25) is 0 Å². The minimum Gasteiger partial charge on any atom is -0.490 e. The molecular weight excluding hydrogens is 250 g/mol. The minimum absolute atomic E-state index is 0.218. The van der Waals surface area contributed by atoms with Gasteiger partial charge < -0.3 is 15.2 Å². The van der Waals surface area contributed by atoms with E-state index in [9.17, 15) is 0 Å². The van der Waals surface area contributed by atoms with Gasteiger partial charge in [0, 0.05) is 5.92 Å². The maximum Gasteiger partial charge on any atom is 0.161 e. The zero-order valence-electron chi connectivity index (χ0n) is 12.7. The molecule has 2 rings (SSSR count). The van der Waals surface area contributed by atoms with E-state index in [1.165, 1.54) is 12.8 Å². The average Bonchev–Trinajstić information content (AvgIpc) is 2.47. The van der Waals surface area contributed by atoms with Gasteiger partial charge in [-0.15, -0.1) is 0 Å². The summed E-state index contributed by atoms with van der Waals surface area (Å²) < 4.78 is 12.0. The van der Waals surface area contributed by atoms with Crippen LogP contribution in [-0.4, -0.2) is 19.3 Å². The number of ether oxygens (including phenoxy) is 2. The SMILES string of the molecule is CCCOc1ccccc1OC1CC(C)CCC1CN. The summed E-state index contributed by atoms with van der Waals surface area (Å²) in [4.78, 5) is 0. The van der Waals surface area contributed by atoms with Crippen molar-refractivity contribution in [2.45, 2.75) is 45.6 Å². The van der Waals surface area contributed by atoms with Gasteiger partial charge in [-0.3, -0.25) is 0 Å². The number of benzene rings is 1. The Morgan fingerprint density at radius 1 is 1.20 bits per heavy atom. The molecule has 3 unspecified atom stereocenters. The first kappa shape index (κ1) is 15.2. The predicted octanol–water partition coefficient (Wildman–Crippen LogP) is 3.62. The fourth-order valence-electron chi connectivity index (χ4n) is 2.85. The molecule has 112 valence electrons. The maximum absolute atomic E-state index is 6.25. The molecule has 0 aromatic heterocycles. The van der Waals surface area contributed by atoms with Gasteiger partial charge in [-0.1, -0.05) is 32.4 Å². The van der Waals surface area contributed by atoms with Crippen molar-refractivity contribution in [2.75, 3.05) is 13.2 Å². The lowest BCUT2D eigenvalue weighted by Crippen LogP contribution is -2.37. The van der Waals surface area contributed by atoms with Crippen LogP contribution in [0.3, 0.4) is 0 Å². The number of hydrogen-bond acceptors (Lipinski definition) is 3. The van der Waals surface area contributed by atoms with Crippen LogP contribution in [-0.2, 0) is 0 Å². The second-order valence-electron chi connectivity index (χ2n) is 5.87. The van der Waals surface area contributed by atoms with Crippen molar-refractivity contribution in [3.63, 3.8) is 0 Å². The van der Waals surface area contributed by atoms with Crippen LogP contribution in [0, 0.1) is 11.8 Å². The molecule has 3 atom stereocenters. The quantitative estimate of drug-likeness (QED) is 0.863. The van der Waals surface area contributed by atoms with Gasteiger partial charge >= 0.3 is 0 Å². The first-order chi connectivity index (χ1) is 9.74. The minimum atomic E-state index is 0.218. The fraction of sp³-hybridized carbons (Fsp3) is 0.647. The summed E-state index contributed by atoms with van der Waals surface area (Å²) in [6.45, 7) is 5.83. The van der Waals surface area contributed by atoms with Crippen molar-refractivity contribution in [2.24, 2.45) is 17.6 Å². The molecule has 0 bridgehead atoms. The van der Waals surface area contributed by atoms with Crippen LogP contribution >= 0.6 is 0 Å². The molecule has 0 aliphatic heterocycles. The van der Waals surface area contributed by atoms with Crippen LogP contribution in [0.4, 0.5) is 0 Å². The number of nitrogens with two attached hydrogens (primary N) is 1. The van der Waals surface area contributed by atoms with Crippen molar-refractivity contribution >= 4 is 0 Å². The lowest BCUT2D eigenvalue weighted by Gasteiger charge is -2.34. The molecule has 1 aromatic carbocycles. The zero-order valence-corrected chi connectivity index (χ0v) is 12.7. The van der Waals surface area contributed by atoms with E-state index in [4.69, 9.17) is 15.2 Å². The Labute approximate surface area is 122 Å². The van der Waals surface area contributed by atoms with E-state index < -0.39 is 0 Å². The van der Waals surface area contributed by atoms with E-state index in [2.05, 4.69) is 13.8 Å². The number of hydrogen-bond donors (Lipinski definition) is 1. The molecule has 3 heteroatoms. The molecule has 1 aliphatic carbocycles. The molecule has 20 heavy (non-hydrogen) atoms. The highest BCUT2D eigenvalue weighted by atomic mass is 16.5. The van der Waals surface area contributed by atoms with Crippen molar-refractivity contribution in [1.29, 1.82) is 0 Å². The van der Waals surface area contributed by atoms with Crippen LogP contribution < -0.4 is 15.2 Å². The Bertz CT molecular complexity index is 408. The largest absolute Gasteiger partial charge is 0.490 e. The van der Waals surface area contributed by atoms with E-state index in [0.717, 1.165) is 30.9 Å². The highest BCUT2D eigenvalue weighted by Crippen LogP contribution is 2.34. The second-order valence-corrected chi connectivity index (χ2v) is 5.87. The molecule has 0 radical (unpaired) electrons. The van der Waals surface area contributed by atoms with Crippen LogP contribution in [0.25, 0.3) is 0 Å². The van der Waals surface area contributed by atoms with Gasteiger partial charge in [0.15, 0.2) is 11.5 Å². The van der Waals surface area contributed by atoms with E-state index in [0.29, 0.717) is 18.4 Å². The predicted molar refractivity (Wildman–Crippen MR) is 82.2 cm³/mol. The summed E-state index contributed by atoms with van der Waals surface area (Å²) in [6, 6.07) is 7.96. The molecule has 1 saturated carbocycles. The third-order valence-corrected chi connectivity index (χ3v) is 4.08. The summed E-state index contributed by atoms with van der Waals surface area (Å²) in [6.07, 6.45) is 4.73.